The number of hydrogen-bond acceptors (Lipinski definition) is 5. The normalized spacial score (nSPS) is 11.4. The molecular formula is C19H19ClFN3O2S2. The molecule has 148 valence electrons. The molecule has 0 radical (unpaired) electrons. The number of thioether (sulfide) groups is 1. The minimum Gasteiger partial charge on any atom is -0.324 e. The topological polar surface area (TPSA) is 64.0 Å². The van der Waals surface area contributed by atoms with Gasteiger partial charge in [0.25, 0.3) is 5.56 Å². The van der Waals surface area contributed by atoms with E-state index < -0.39 is 5.82 Å². The molecule has 1 aromatic carbocycles. The lowest BCUT2D eigenvalue weighted by atomic mass is 10.2. The molecule has 1 amide bonds. The fourth-order valence-corrected chi connectivity index (χ4v) is 4.97. The molecule has 0 fully saturated rings. The molecule has 0 aliphatic carbocycles. The number of benzene rings is 1. The first kappa shape index (κ1) is 20.8. The van der Waals surface area contributed by atoms with Crippen LogP contribution in [0.2, 0.25) is 5.02 Å². The molecule has 3 aromatic rings. The van der Waals surface area contributed by atoms with Crippen LogP contribution in [-0.2, 0) is 4.79 Å². The Morgan fingerprint density at radius 2 is 2.11 bits per heavy atom. The lowest BCUT2D eigenvalue weighted by molar-refractivity contribution is -0.113. The van der Waals surface area contributed by atoms with Crippen molar-refractivity contribution in [2.45, 2.75) is 38.9 Å². The number of anilines is 1. The highest BCUT2D eigenvalue weighted by molar-refractivity contribution is 7.99. The first-order chi connectivity index (χ1) is 13.2. The summed E-state index contributed by atoms with van der Waals surface area (Å²) in [5.74, 6) is -0.749. The molecule has 0 spiro atoms. The monoisotopic (exact) mass is 439 g/mol. The summed E-state index contributed by atoms with van der Waals surface area (Å²) in [5.41, 5.74) is 1.20. The van der Waals surface area contributed by atoms with Crippen LogP contribution in [0.15, 0.2) is 28.2 Å². The van der Waals surface area contributed by atoms with Crippen molar-refractivity contribution in [2.24, 2.45) is 0 Å². The molecule has 0 saturated carbocycles. The number of nitrogens with zero attached hydrogens (tertiary/aromatic N) is 2. The van der Waals surface area contributed by atoms with Gasteiger partial charge in [0.05, 0.1) is 21.8 Å². The van der Waals surface area contributed by atoms with E-state index >= 15 is 0 Å². The fourth-order valence-electron chi connectivity index (χ4n) is 2.75. The van der Waals surface area contributed by atoms with Gasteiger partial charge in [-0.3, -0.25) is 14.2 Å². The third-order valence-electron chi connectivity index (χ3n) is 4.26. The summed E-state index contributed by atoms with van der Waals surface area (Å²) >= 11 is 8.60. The first-order valence-corrected chi connectivity index (χ1v) is 10.8. The second kappa shape index (κ2) is 8.23. The highest BCUT2D eigenvalue weighted by Gasteiger charge is 2.19. The third kappa shape index (κ3) is 4.09. The van der Waals surface area contributed by atoms with E-state index in [2.05, 4.69) is 10.3 Å². The van der Waals surface area contributed by atoms with Gasteiger partial charge in [-0.1, -0.05) is 23.4 Å². The van der Waals surface area contributed by atoms with Crippen LogP contribution in [0.3, 0.4) is 0 Å². The molecule has 28 heavy (non-hydrogen) atoms. The van der Waals surface area contributed by atoms with E-state index in [1.165, 1.54) is 35.2 Å². The maximum atomic E-state index is 13.1. The second-order valence-electron chi connectivity index (χ2n) is 6.59. The van der Waals surface area contributed by atoms with Crippen LogP contribution in [0.25, 0.3) is 10.2 Å². The molecule has 1 N–H and O–H groups in total. The van der Waals surface area contributed by atoms with E-state index in [0.717, 1.165) is 16.5 Å². The number of hydrogen-bond donors (Lipinski definition) is 1. The molecular weight excluding hydrogens is 421 g/mol. The summed E-state index contributed by atoms with van der Waals surface area (Å²) in [7, 11) is 0. The number of thiophene rings is 1. The lowest BCUT2D eigenvalue weighted by Crippen LogP contribution is -2.25. The van der Waals surface area contributed by atoms with Gasteiger partial charge in [0, 0.05) is 10.9 Å². The van der Waals surface area contributed by atoms with E-state index in [1.54, 1.807) is 4.57 Å². The Bertz CT molecular complexity index is 1120. The third-order valence-corrected chi connectivity index (χ3v) is 6.62. The van der Waals surface area contributed by atoms with E-state index in [4.69, 9.17) is 11.6 Å². The number of nitrogens with one attached hydrogen (secondary N) is 1. The van der Waals surface area contributed by atoms with Crippen molar-refractivity contribution in [3.8, 4) is 0 Å². The average Bonchev–Trinajstić information content (AvgIpc) is 2.89. The standard InChI is InChI=1S/C19H19ClFN3O2S2/c1-9(2)24-18(26)16-10(3)11(4)28-17(16)23-19(24)27-8-15(25)22-14-6-5-12(21)7-13(14)20/h5-7,9H,8H2,1-4H3,(H,22,25). The molecule has 0 unspecified atom stereocenters. The van der Waals surface area contributed by atoms with Gasteiger partial charge in [0.2, 0.25) is 5.91 Å². The van der Waals surface area contributed by atoms with Gasteiger partial charge in [-0.15, -0.1) is 11.3 Å². The van der Waals surface area contributed by atoms with Crippen LogP contribution in [0.4, 0.5) is 10.1 Å². The molecule has 5 nitrogen and oxygen atoms in total. The zero-order chi connectivity index (χ0) is 20.6. The van der Waals surface area contributed by atoms with Crippen LogP contribution in [0.5, 0.6) is 0 Å². The average molecular weight is 440 g/mol. The summed E-state index contributed by atoms with van der Waals surface area (Å²) in [4.78, 5) is 31.7. The Hall–Kier alpha value is -1.90. The van der Waals surface area contributed by atoms with Crippen molar-refractivity contribution < 1.29 is 9.18 Å². The van der Waals surface area contributed by atoms with Crippen molar-refractivity contribution >= 4 is 56.5 Å². The molecule has 0 bridgehead atoms. The van der Waals surface area contributed by atoms with Crippen LogP contribution in [0.1, 0.15) is 30.3 Å². The molecule has 9 heteroatoms. The van der Waals surface area contributed by atoms with E-state index in [0.29, 0.717) is 21.1 Å². The van der Waals surface area contributed by atoms with Crippen molar-refractivity contribution in [1.82, 2.24) is 9.55 Å². The largest absolute Gasteiger partial charge is 0.324 e. The Morgan fingerprint density at radius 3 is 2.75 bits per heavy atom. The predicted molar refractivity (Wildman–Crippen MR) is 115 cm³/mol. The van der Waals surface area contributed by atoms with Crippen molar-refractivity contribution in [3.63, 3.8) is 0 Å². The molecule has 3 rings (SSSR count). The summed E-state index contributed by atoms with van der Waals surface area (Å²) in [6.45, 7) is 7.71. The van der Waals surface area contributed by atoms with Crippen molar-refractivity contribution in [1.29, 1.82) is 0 Å². The fraction of sp³-hybridized carbons (Fsp3) is 0.316. The highest BCUT2D eigenvalue weighted by atomic mass is 35.5. The summed E-state index contributed by atoms with van der Waals surface area (Å²) < 4.78 is 14.7. The van der Waals surface area contributed by atoms with Crippen LogP contribution >= 0.6 is 34.7 Å². The van der Waals surface area contributed by atoms with Gasteiger partial charge in [-0.05, 0) is 51.5 Å². The zero-order valence-electron chi connectivity index (χ0n) is 15.8. The molecule has 0 saturated heterocycles. The van der Waals surface area contributed by atoms with E-state index in [-0.39, 0.29) is 28.3 Å². The number of rotatable bonds is 5. The van der Waals surface area contributed by atoms with Gasteiger partial charge in [0.1, 0.15) is 10.6 Å². The highest BCUT2D eigenvalue weighted by Crippen LogP contribution is 2.29. The summed E-state index contributed by atoms with van der Waals surface area (Å²) in [5, 5.41) is 3.91. The minimum atomic E-state index is -0.475. The van der Waals surface area contributed by atoms with Crippen LogP contribution in [-0.4, -0.2) is 21.2 Å². The van der Waals surface area contributed by atoms with Gasteiger partial charge in [-0.25, -0.2) is 9.37 Å². The predicted octanol–water partition coefficient (Wildman–Crippen LogP) is 5.18. The number of aromatic nitrogens is 2. The van der Waals surface area contributed by atoms with Crippen LogP contribution in [0, 0.1) is 19.7 Å². The molecule has 2 aromatic heterocycles. The lowest BCUT2D eigenvalue weighted by Gasteiger charge is -2.15. The van der Waals surface area contributed by atoms with Crippen molar-refractivity contribution in [2.75, 3.05) is 11.1 Å². The molecule has 0 aliphatic heterocycles. The Morgan fingerprint density at radius 1 is 1.39 bits per heavy atom. The van der Waals surface area contributed by atoms with Gasteiger partial charge in [-0.2, -0.15) is 0 Å². The number of carbonyl (C=O) groups excluding carboxylic acids is 1. The number of aryl methyl sites for hydroxylation is 2. The van der Waals surface area contributed by atoms with Gasteiger partial charge >= 0.3 is 0 Å². The maximum absolute atomic E-state index is 13.1. The smallest absolute Gasteiger partial charge is 0.263 e. The quantitative estimate of drug-likeness (QED) is 0.439. The maximum Gasteiger partial charge on any atom is 0.263 e. The molecule has 0 atom stereocenters. The van der Waals surface area contributed by atoms with E-state index in [9.17, 15) is 14.0 Å². The zero-order valence-corrected chi connectivity index (χ0v) is 18.2. The Balaban J connectivity index is 1.86. The Kier molecular flexibility index (Phi) is 6.12. The Labute approximate surface area is 174 Å². The first-order valence-electron chi connectivity index (χ1n) is 8.59. The molecule has 0 aliphatic rings. The van der Waals surface area contributed by atoms with E-state index in [1.807, 2.05) is 27.7 Å². The number of amides is 1. The molecule has 2 heterocycles. The summed E-state index contributed by atoms with van der Waals surface area (Å²) in [6, 6.07) is 3.67. The van der Waals surface area contributed by atoms with Gasteiger partial charge in [0.15, 0.2) is 5.16 Å². The number of halogens is 2. The SMILES string of the molecule is Cc1sc2nc(SCC(=O)Nc3ccc(F)cc3Cl)n(C(C)C)c(=O)c2c1C. The number of carbonyl (C=O) groups is 1. The van der Waals surface area contributed by atoms with Gasteiger partial charge < -0.3 is 5.32 Å². The number of fused-ring (bicyclic) bond motifs is 1. The van der Waals surface area contributed by atoms with Crippen LogP contribution < -0.4 is 10.9 Å². The minimum absolute atomic E-state index is 0.0434. The second-order valence-corrected chi connectivity index (χ2v) is 9.14. The van der Waals surface area contributed by atoms with Crippen molar-refractivity contribution in [3.05, 3.63) is 49.8 Å². The summed E-state index contributed by atoms with van der Waals surface area (Å²) in [6.07, 6.45) is 0.